The standard InChI is InChI=1S/C12H25BrN2O2S/c1-10(2)12(7-13)14-8-11-5-4-6-15(9-11)18(3,16)17/h10-12,14H,4-9H2,1-3H3. The van der Waals surface area contributed by atoms with Gasteiger partial charge in [0.2, 0.25) is 10.0 Å². The molecule has 6 heteroatoms. The van der Waals surface area contributed by atoms with Crippen molar-refractivity contribution in [2.75, 3.05) is 31.2 Å². The maximum atomic E-state index is 11.5. The monoisotopic (exact) mass is 340 g/mol. The zero-order valence-electron chi connectivity index (χ0n) is 11.5. The van der Waals surface area contributed by atoms with E-state index in [0.29, 0.717) is 31.0 Å². The Morgan fingerprint density at radius 2 is 2.11 bits per heavy atom. The number of hydrogen-bond acceptors (Lipinski definition) is 3. The van der Waals surface area contributed by atoms with E-state index >= 15 is 0 Å². The van der Waals surface area contributed by atoms with Crippen LogP contribution in [0, 0.1) is 11.8 Å². The molecule has 0 spiro atoms. The molecule has 2 atom stereocenters. The molecule has 0 bridgehead atoms. The first-order chi connectivity index (χ1) is 8.34. The van der Waals surface area contributed by atoms with Crippen molar-refractivity contribution in [1.29, 1.82) is 0 Å². The van der Waals surface area contributed by atoms with Crippen molar-refractivity contribution in [3.8, 4) is 0 Å². The first kappa shape index (κ1) is 16.4. The van der Waals surface area contributed by atoms with Gasteiger partial charge in [0.25, 0.3) is 0 Å². The third kappa shape index (κ3) is 5.15. The smallest absolute Gasteiger partial charge is 0.211 e. The molecule has 0 aromatic rings. The molecule has 0 aliphatic carbocycles. The Bertz CT molecular complexity index is 346. The van der Waals surface area contributed by atoms with Gasteiger partial charge < -0.3 is 5.32 Å². The molecule has 18 heavy (non-hydrogen) atoms. The van der Waals surface area contributed by atoms with Crippen molar-refractivity contribution >= 4 is 26.0 Å². The summed E-state index contributed by atoms with van der Waals surface area (Å²) in [5.41, 5.74) is 0. The minimum absolute atomic E-state index is 0.439. The summed E-state index contributed by atoms with van der Waals surface area (Å²) in [6.45, 7) is 6.64. The molecule has 0 radical (unpaired) electrons. The average Bonchev–Trinajstić information content (AvgIpc) is 2.28. The molecular weight excluding hydrogens is 316 g/mol. The van der Waals surface area contributed by atoms with Crippen LogP contribution in [-0.4, -0.2) is 50.0 Å². The Balaban J connectivity index is 2.43. The molecule has 0 aromatic carbocycles. The molecule has 4 nitrogen and oxygen atoms in total. The SMILES string of the molecule is CC(C)C(CBr)NCC1CCCN(S(C)(=O)=O)C1. The Morgan fingerprint density at radius 3 is 2.61 bits per heavy atom. The van der Waals surface area contributed by atoms with Crippen LogP contribution in [0.1, 0.15) is 26.7 Å². The summed E-state index contributed by atoms with van der Waals surface area (Å²) in [6, 6.07) is 0.457. The molecule has 0 aromatic heterocycles. The highest BCUT2D eigenvalue weighted by Crippen LogP contribution is 2.18. The quantitative estimate of drug-likeness (QED) is 0.748. The molecule has 1 aliphatic rings. The average molecular weight is 341 g/mol. The first-order valence-electron chi connectivity index (χ1n) is 6.59. The number of alkyl halides is 1. The number of hydrogen-bond donors (Lipinski definition) is 1. The van der Waals surface area contributed by atoms with Crippen LogP contribution < -0.4 is 5.32 Å². The van der Waals surface area contributed by atoms with Crippen LogP contribution >= 0.6 is 15.9 Å². The van der Waals surface area contributed by atoms with E-state index in [9.17, 15) is 8.42 Å². The van der Waals surface area contributed by atoms with E-state index in [2.05, 4.69) is 35.1 Å². The number of sulfonamides is 1. The number of halogens is 1. The summed E-state index contributed by atoms with van der Waals surface area (Å²) in [7, 11) is -3.02. The maximum Gasteiger partial charge on any atom is 0.211 e. The van der Waals surface area contributed by atoms with Crippen LogP contribution in [0.3, 0.4) is 0 Å². The van der Waals surface area contributed by atoms with Gasteiger partial charge in [0.15, 0.2) is 0 Å². The van der Waals surface area contributed by atoms with E-state index in [4.69, 9.17) is 0 Å². The Kier molecular flexibility index (Phi) is 6.58. The first-order valence-corrected chi connectivity index (χ1v) is 9.56. The van der Waals surface area contributed by atoms with Crippen LogP contribution in [-0.2, 0) is 10.0 Å². The fourth-order valence-electron chi connectivity index (χ4n) is 2.28. The van der Waals surface area contributed by atoms with E-state index < -0.39 is 10.0 Å². The lowest BCUT2D eigenvalue weighted by atomic mass is 9.98. The Morgan fingerprint density at radius 1 is 1.44 bits per heavy atom. The third-order valence-electron chi connectivity index (χ3n) is 3.59. The van der Waals surface area contributed by atoms with Gasteiger partial charge in [0, 0.05) is 24.5 Å². The van der Waals surface area contributed by atoms with Crippen molar-refractivity contribution in [2.45, 2.75) is 32.7 Å². The molecule has 1 heterocycles. The van der Waals surface area contributed by atoms with Crippen LogP contribution in [0.5, 0.6) is 0 Å². The second-order valence-corrected chi connectivity index (χ2v) is 8.17. The van der Waals surface area contributed by atoms with Crippen molar-refractivity contribution in [1.82, 2.24) is 9.62 Å². The molecule has 108 valence electrons. The second kappa shape index (κ2) is 7.22. The van der Waals surface area contributed by atoms with Crippen LogP contribution in [0.15, 0.2) is 0 Å². The van der Waals surface area contributed by atoms with E-state index in [-0.39, 0.29) is 0 Å². The van der Waals surface area contributed by atoms with Gasteiger partial charge >= 0.3 is 0 Å². The molecule has 1 saturated heterocycles. The largest absolute Gasteiger partial charge is 0.313 e. The highest BCUT2D eigenvalue weighted by Gasteiger charge is 2.26. The third-order valence-corrected chi connectivity index (χ3v) is 5.56. The van der Waals surface area contributed by atoms with Gasteiger partial charge in [-0.25, -0.2) is 12.7 Å². The summed E-state index contributed by atoms with van der Waals surface area (Å²) in [4.78, 5) is 0. The van der Waals surface area contributed by atoms with E-state index in [1.807, 2.05) is 0 Å². The Labute approximate surface area is 120 Å². The molecule has 0 saturated carbocycles. The van der Waals surface area contributed by atoms with Gasteiger partial charge in [-0.2, -0.15) is 0 Å². The number of rotatable bonds is 6. The summed E-state index contributed by atoms with van der Waals surface area (Å²) in [5.74, 6) is 1.02. The highest BCUT2D eigenvalue weighted by molar-refractivity contribution is 9.09. The number of nitrogens with one attached hydrogen (secondary N) is 1. The van der Waals surface area contributed by atoms with Crippen molar-refractivity contribution in [3.05, 3.63) is 0 Å². The lowest BCUT2D eigenvalue weighted by Gasteiger charge is -2.32. The van der Waals surface area contributed by atoms with Crippen LogP contribution in [0.2, 0.25) is 0 Å². The number of piperidine rings is 1. The normalized spacial score (nSPS) is 24.4. The van der Waals surface area contributed by atoms with Gasteiger partial charge in [-0.3, -0.25) is 0 Å². The molecule has 1 rings (SSSR count). The topological polar surface area (TPSA) is 49.4 Å². The van der Waals surface area contributed by atoms with Gasteiger partial charge in [-0.1, -0.05) is 29.8 Å². The molecule has 1 fully saturated rings. The fourth-order valence-corrected chi connectivity index (χ4v) is 4.20. The summed E-state index contributed by atoms with van der Waals surface area (Å²) in [6.07, 6.45) is 3.39. The van der Waals surface area contributed by atoms with Crippen molar-refractivity contribution < 1.29 is 8.42 Å². The van der Waals surface area contributed by atoms with Crippen molar-refractivity contribution in [2.24, 2.45) is 11.8 Å². The molecular formula is C12H25BrN2O2S. The zero-order valence-corrected chi connectivity index (χ0v) is 13.9. The van der Waals surface area contributed by atoms with Gasteiger partial charge in [-0.05, 0) is 31.2 Å². The van der Waals surface area contributed by atoms with Crippen LogP contribution in [0.4, 0.5) is 0 Å². The van der Waals surface area contributed by atoms with Gasteiger partial charge in [0.1, 0.15) is 0 Å². The summed E-state index contributed by atoms with van der Waals surface area (Å²) < 4.78 is 24.7. The van der Waals surface area contributed by atoms with Gasteiger partial charge in [0.05, 0.1) is 6.26 Å². The summed E-state index contributed by atoms with van der Waals surface area (Å²) in [5, 5.41) is 4.48. The predicted molar refractivity (Wildman–Crippen MR) is 79.6 cm³/mol. The molecule has 0 amide bonds. The molecule has 2 unspecified atom stereocenters. The van der Waals surface area contributed by atoms with E-state index in [1.165, 1.54) is 6.26 Å². The minimum atomic E-state index is -3.02. The second-order valence-electron chi connectivity index (χ2n) is 5.54. The van der Waals surface area contributed by atoms with Crippen LogP contribution in [0.25, 0.3) is 0 Å². The maximum absolute atomic E-state index is 11.5. The van der Waals surface area contributed by atoms with Gasteiger partial charge in [-0.15, -0.1) is 0 Å². The number of nitrogens with zero attached hydrogens (tertiary/aromatic N) is 1. The van der Waals surface area contributed by atoms with Crippen molar-refractivity contribution in [3.63, 3.8) is 0 Å². The zero-order chi connectivity index (χ0) is 13.8. The lowest BCUT2D eigenvalue weighted by Crippen LogP contribution is -2.45. The minimum Gasteiger partial charge on any atom is -0.313 e. The molecule has 1 N–H and O–H groups in total. The summed E-state index contributed by atoms with van der Waals surface area (Å²) >= 11 is 3.52. The predicted octanol–water partition coefficient (Wildman–Crippen LogP) is 1.67. The van der Waals surface area contributed by atoms with E-state index in [0.717, 1.165) is 24.7 Å². The lowest BCUT2D eigenvalue weighted by molar-refractivity contribution is 0.251. The van der Waals surface area contributed by atoms with E-state index in [1.54, 1.807) is 4.31 Å². The Hall–Kier alpha value is 0.350. The fraction of sp³-hybridized carbons (Fsp3) is 1.00. The molecule has 1 aliphatic heterocycles. The highest BCUT2D eigenvalue weighted by atomic mass is 79.9.